The Morgan fingerprint density at radius 2 is 1.88 bits per heavy atom. The first-order valence-electron chi connectivity index (χ1n) is 7.08. The summed E-state index contributed by atoms with van der Waals surface area (Å²) in [7, 11) is -3.34. The minimum absolute atomic E-state index is 0.100. The van der Waals surface area contributed by atoms with Gasteiger partial charge in [0.05, 0.1) is 23.3 Å². The number of furan rings is 1. The van der Waals surface area contributed by atoms with Gasteiger partial charge in [-0.25, -0.2) is 13.2 Å². The molecule has 1 N–H and O–H groups in total. The molecule has 8 heteroatoms. The molecular formula is C16H17NO6S. The second-order valence-electron chi connectivity index (χ2n) is 5.14. The Kier molecular flexibility index (Phi) is 5.40. The average molecular weight is 351 g/mol. The maximum Gasteiger partial charge on any atom is 0.338 e. The van der Waals surface area contributed by atoms with Crippen molar-refractivity contribution < 1.29 is 27.2 Å². The lowest BCUT2D eigenvalue weighted by Gasteiger charge is -2.13. The maximum absolute atomic E-state index is 12.0. The van der Waals surface area contributed by atoms with E-state index in [4.69, 9.17) is 9.15 Å². The third-order valence-corrected chi connectivity index (χ3v) is 4.32. The van der Waals surface area contributed by atoms with Crippen LogP contribution in [0.25, 0.3) is 0 Å². The van der Waals surface area contributed by atoms with Gasteiger partial charge in [0.2, 0.25) is 0 Å². The number of rotatable bonds is 6. The van der Waals surface area contributed by atoms with Gasteiger partial charge >= 0.3 is 5.97 Å². The highest BCUT2D eigenvalue weighted by molar-refractivity contribution is 7.90. The van der Waals surface area contributed by atoms with E-state index in [1.807, 2.05) is 0 Å². The van der Waals surface area contributed by atoms with Crippen LogP contribution in [0, 0.1) is 0 Å². The smallest absolute Gasteiger partial charge is 0.338 e. The Morgan fingerprint density at radius 3 is 2.42 bits per heavy atom. The monoisotopic (exact) mass is 351 g/mol. The van der Waals surface area contributed by atoms with E-state index in [0.717, 1.165) is 6.26 Å². The Bertz CT molecular complexity index is 809. The van der Waals surface area contributed by atoms with Crippen LogP contribution in [0.1, 0.15) is 23.0 Å². The van der Waals surface area contributed by atoms with Crippen LogP contribution in [0.2, 0.25) is 0 Å². The predicted molar refractivity (Wildman–Crippen MR) is 85.0 cm³/mol. The molecule has 0 unspecified atom stereocenters. The summed E-state index contributed by atoms with van der Waals surface area (Å²) in [6.07, 6.45) is 1.57. The van der Waals surface area contributed by atoms with Crippen molar-refractivity contribution >= 4 is 21.7 Å². The number of amides is 1. The highest BCUT2D eigenvalue weighted by Gasteiger charge is 2.19. The molecule has 0 aliphatic heterocycles. The number of carbonyl (C=O) groups excluding carboxylic acids is 2. The number of carbonyl (C=O) groups is 2. The van der Waals surface area contributed by atoms with Gasteiger partial charge in [0.1, 0.15) is 5.76 Å². The molecule has 0 radical (unpaired) electrons. The molecule has 128 valence electrons. The largest absolute Gasteiger partial charge is 0.467 e. The number of hydrogen-bond acceptors (Lipinski definition) is 6. The SMILES string of the molecule is C[C@@H](OC(=O)c1ccc(S(C)(=O)=O)cc1)C(=O)NCc1ccco1. The molecule has 1 amide bonds. The first-order chi connectivity index (χ1) is 11.3. The molecule has 1 aromatic heterocycles. The molecule has 0 spiro atoms. The van der Waals surface area contributed by atoms with Gasteiger partial charge in [-0.3, -0.25) is 4.79 Å². The van der Waals surface area contributed by atoms with Crippen LogP contribution >= 0.6 is 0 Å². The second-order valence-corrected chi connectivity index (χ2v) is 7.16. The molecule has 1 heterocycles. The van der Waals surface area contributed by atoms with Crippen LogP contribution in [0.5, 0.6) is 0 Å². The number of esters is 1. The number of ether oxygens (including phenoxy) is 1. The van der Waals surface area contributed by atoms with E-state index < -0.39 is 27.8 Å². The first kappa shape index (κ1) is 17.7. The number of nitrogens with one attached hydrogen (secondary N) is 1. The standard InChI is InChI=1S/C16H17NO6S/c1-11(15(18)17-10-13-4-3-9-22-13)23-16(19)12-5-7-14(8-6-12)24(2,20)21/h3-9,11H,10H2,1-2H3,(H,17,18)/t11-/m1/s1. The molecule has 2 rings (SSSR count). The number of benzene rings is 1. The minimum atomic E-state index is -3.34. The van der Waals surface area contributed by atoms with E-state index >= 15 is 0 Å². The van der Waals surface area contributed by atoms with Crippen molar-refractivity contribution in [2.75, 3.05) is 6.26 Å². The lowest BCUT2D eigenvalue weighted by Crippen LogP contribution is -2.35. The van der Waals surface area contributed by atoms with Gasteiger partial charge in [-0.15, -0.1) is 0 Å². The molecule has 0 bridgehead atoms. The van der Waals surface area contributed by atoms with Gasteiger partial charge in [0.15, 0.2) is 15.9 Å². The van der Waals surface area contributed by atoms with Gasteiger partial charge in [-0.2, -0.15) is 0 Å². The summed E-state index contributed by atoms with van der Waals surface area (Å²) in [5.41, 5.74) is 0.160. The van der Waals surface area contributed by atoms with Crippen LogP contribution in [0.3, 0.4) is 0 Å². The van der Waals surface area contributed by atoms with E-state index in [2.05, 4.69) is 5.32 Å². The first-order valence-corrected chi connectivity index (χ1v) is 8.97. The summed E-state index contributed by atoms with van der Waals surface area (Å²) in [6.45, 7) is 1.64. The second kappa shape index (κ2) is 7.31. The zero-order chi connectivity index (χ0) is 17.7. The molecule has 24 heavy (non-hydrogen) atoms. The van der Waals surface area contributed by atoms with Gasteiger partial charge in [0, 0.05) is 6.26 Å². The molecule has 0 aliphatic carbocycles. The van der Waals surface area contributed by atoms with Gasteiger partial charge in [-0.1, -0.05) is 0 Å². The van der Waals surface area contributed by atoms with Crippen molar-refractivity contribution in [2.45, 2.75) is 24.5 Å². The zero-order valence-electron chi connectivity index (χ0n) is 13.2. The third kappa shape index (κ3) is 4.69. The van der Waals surface area contributed by atoms with Crippen molar-refractivity contribution in [3.63, 3.8) is 0 Å². The minimum Gasteiger partial charge on any atom is -0.467 e. The molecule has 1 atom stereocenters. The van der Waals surface area contributed by atoms with Crippen molar-refractivity contribution in [2.24, 2.45) is 0 Å². The predicted octanol–water partition coefficient (Wildman–Crippen LogP) is 1.54. The van der Waals surface area contributed by atoms with Crippen LogP contribution in [-0.4, -0.2) is 32.7 Å². The van der Waals surface area contributed by atoms with E-state index in [0.29, 0.717) is 5.76 Å². The van der Waals surface area contributed by atoms with Crippen molar-refractivity contribution in [3.8, 4) is 0 Å². The Balaban J connectivity index is 1.92. The summed E-state index contributed by atoms with van der Waals surface area (Å²) in [4.78, 5) is 24.0. The highest BCUT2D eigenvalue weighted by atomic mass is 32.2. The number of hydrogen-bond donors (Lipinski definition) is 1. The van der Waals surface area contributed by atoms with E-state index in [1.165, 1.54) is 37.5 Å². The molecule has 2 aromatic rings. The topological polar surface area (TPSA) is 103 Å². The molecular weight excluding hydrogens is 334 g/mol. The fourth-order valence-corrected chi connectivity index (χ4v) is 2.48. The van der Waals surface area contributed by atoms with Crippen LogP contribution in [-0.2, 0) is 25.9 Å². The molecule has 0 saturated carbocycles. The molecule has 0 fully saturated rings. The fraction of sp³-hybridized carbons (Fsp3) is 0.250. The fourth-order valence-electron chi connectivity index (χ4n) is 1.85. The van der Waals surface area contributed by atoms with Crippen LogP contribution < -0.4 is 5.32 Å². The quantitative estimate of drug-likeness (QED) is 0.792. The lowest BCUT2D eigenvalue weighted by molar-refractivity contribution is -0.129. The van der Waals surface area contributed by atoms with Crippen molar-refractivity contribution in [1.29, 1.82) is 0 Å². The average Bonchev–Trinajstić information content (AvgIpc) is 3.05. The van der Waals surface area contributed by atoms with E-state index in [-0.39, 0.29) is 17.0 Å². The molecule has 0 saturated heterocycles. The Hall–Kier alpha value is -2.61. The summed E-state index contributed by atoms with van der Waals surface area (Å²) in [5, 5.41) is 2.58. The van der Waals surface area contributed by atoms with E-state index in [9.17, 15) is 18.0 Å². The Labute approximate surface area is 139 Å². The maximum atomic E-state index is 12.0. The molecule has 0 aliphatic rings. The van der Waals surface area contributed by atoms with Crippen LogP contribution in [0.15, 0.2) is 52.0 Å². The summed E-state index contributed by atoms with van der Waals surface area (Å²) >= 11 is 0. The third-order valence-electron chi connectivity index (χ3n) is 3.19. The lowest BCUT2D eigenvalue weighted by atomic mass is 10.2. The van der Waals surface area contributed by atoms with Crippen molar-refractivity contribution in [1.82, 2.24) is 5.32 Å². The van der Waals surface area contributed by atoms with Gasteiger partial charge in [-0.05, 0) is 43.3 Å². The van der Waals surface area contributed by atoms with Crippen LogP contribution in [0.4, 0.5) is 0 Å². The highest BCUT2D eigenvalue weighted by Crippen LogP contribution is 2.12. The molecule has 7 nitrogen and oxygen atoms in total. The number of sulfone groups is 1. The summed E-state index contributed by atoms with van der Waals surface area (Å²) in [5.74, 6) is -0.596. The van der Waals surface area contributed by atoms with Crippen molar-refractivity contribution in [3.05, 3.63) is 54.0 Å². The summed E-state index contributed by atoms with van der Waals surface area (Å²) < 4.78 is 32.9. The van der Waals surface area contributed by atoms with Gasteiger partial charge < -0.3 is 14.5 Å². The zero-order valence-corrected chi connectivity index (χ0v) is 14.0. The normalized spacial score (nSPS) is 12.4. The summed E-state index contributed by atoms with van der Waals surface area (Å²) in [6, 6.07) is 8.71. The molecule has 1 aromatic carbocycles. The van der Waals surface area contributed by atoms with Gasteiger partial charge in [0.25, 0.3) is 5.91 Å². The Morgan fingerprint density at radius 1 is 1.21 bits per heavy atom. The van der Waals surface area contributed by atoms with E-state index in [1.54, 1.807) is 12.1 Å².